The summed E-state index contributed by atoms with van der Waals surface area (Å²) in [6.07, 6.45) is 2.95. The predicted molar refractivity (Wildman–Crippen MR) is 96.6 cm³/mol. The standard InChI is InChI=1S/C17H26N2O4S/c1-12(8-10-20)18-17(22)14(9-11-24-3)19-16(21)13-6-4-5-7-15(13)23-2/h4-7,12,14,20H,8-11H2,1-3H3,(H,18,22)(H,19,21)/t12-,14+/m0/s1. The topological polar surface area (TPSA) is 87.7 Å². The zero-order valence-electron chi connectivity index (χ0n) is 14.4. The van der Waals surface area contributed by atoms with Gasteiger partial charge in [0, 0.05) is 12.6 Å². The van der Waals surface area contributed by atoms with E-state index < -0.39 is 6.04 Å². The van der Waals surface area contributed by atoms with Crippen LogP contribution < -0.4 is 15.4 Å². The number of amides is 2. The van der Waals surface area contributed by atoms with Gasteiger partial charge in [-0.25, -0.2) is 0 Å². The maximum Gasteiger partial charge on any atom is 0.255 e. The molecule has 2 atom stereocenters. The van der Waals surface area contributed by atoms with Gasteiger partial charge in [0.15, 0.2) is 0 Å². The van der Waals surface area contributed by atoms with Crippen LogP contribution in [0.15, 0.2) is 24.3 Å². The normalized spacial score (nSPS) is 13.0. The van der Waals surface area contributed by atoms with E-state index in [2.05, 4.69) is 10.6 Å². The molecular weight excluding hydrogens is 328 g/mol. The van der Waals surface area contributed by atoms with Gasteiger partial charge in [-0.15, -0.1) is 0 Å². The van der Waals surface area contributed by atoms with Crippen molar-refractivity contribution >= 4 is 23.6 Å². The minimum atomic E-state index is -0.629. The van der Waals surface area contributed by atoms with Crippen LogP contribution in [-0.4, -0.2) is 54.7 Å². The van der Waals surface area contributed by atoms with E-state index in [1.165, 1.54) is 7.11 Å². The van der Waals surface area contributed by atoms with Crippen LogP contribution in [0.4, 0.5) is 0 Å². The zero-order chi connectivity index (χ0) is 17.9. The first-order valence-corrected chi connectivity index (χ1v) is 9.26. The fraction of sp³-hybridized carbons (Fsp3) is 0.529. The van der Waals surface area contributed by atoms with E-state index in [0.29, 0.717) is 24.2 Å². The summed E-state index contributed by atoms with van der Waals surface area (Å²) in [5.41, 5.74) is 0.394. The van der Waals surface area contributed by atoms with Crippen molar-refractivity contribution in [2.24, 2.45) is 0 Å². The lowest BCUT2D eigenvalue weighted by Gasteiger charge is -2.21. The number of hydrogen-bond acceptors (Lipinski definition) is 5. The molecule has 0 aromatic heterocycles. The number of ether oxygens (including phenoxy) is 1. The Kier molecular flexibility index (Phi) is 9.26. The Bertz CT molecular complexity index is 539. The Hall–Kier alpha value is -1.73. The molecule has 0 saturated carbocycles. The fourth-order valence-corrected chi connectivity index (χ4v) is 2.65. The maximum absolute atomic E-state index is 12.5. The van der Waals surface area contributed by atoms with Crippen LogP contribution in [0, 0.1) is 0 Å². The summed E-state index contributed by atoms with van der Waals surface area (Å²) in [5.74, 6) is 0.628. The maximum atomic E-state index is 12.5. The summed E-state index contributed by atoms with van der Waals surface area (Å²) in [6, 6.07) is 6.11. The van der Waals surface area contributed by atoms with Crippen molar-refractivity contribution in [2.75, 3.05) is 25.7 Å². The lowest BCUT2D eigenvalue weighted by molar-refractivity contribution is -0.123. The number of hydrogen-bond donors (Lipinski definition) is 3. The molecule has 0 aliphatic heterocycles. The molecule has 0 heterocycles. The minimum Gasteiger partial charge on any atom is -0.496 e. The molecule has 1 rings (SSSR count). The number of carbonyl (C=O) groups excluding carboxylic acids is 2. The molecule has 0 radical (unpaired) electrons. The molecule has 0 fully saturated rings. The summed E-state index contributed by atoms with van der Waals surface area (Å²) >= 11 is 1.61. The molecule has 1 aromatic carbocycles. The molecule has 0 unspecified atom stereocenters. The van der Waals surface area contributed by atoms with Gasteiger partial charge in [0.25, 0.3) is 5.91 Å². The Morgan fingerprint density at radius 3 is 2.58 bits per heavy atom. The number of carbonyl (C=O) groups is 2. The average Bonchev–Trinajstić information content (AvgIpc) is 2.58. The smallest absolute Gasteiger partial charge is 0.255 e. The third-order valence-electron chi connectivity index (χ3n) is 3.53. The number of para-hydroxylation sites is 1. The summed E-state index contributed by atoms with van der Waals surface area (Å²) < 4.78 is 5.19. The summed E-state index contributed by atoms with van der Waals surface area (Å²) in [4.78, 5) is 24.9. The third kappa shape index (κ3) is 6.41. The van der Waals surface area contributed by atoms with Crippen LogP contribution in [0.25, 0.3) is 0 Å². The first-order valence-electron chi connectivity index (χ1n) is 7.87. The van der Waals surface area contributed by atoms with Crippen LogP contribution in [0.2, 0.25) is 0 Å². The van der Waals surface area contributed by atoms with Crippen LogP contribution in [0.1, 0.15) is 30.1 Å². The highest BCUT2D eigenvalue weighted by Gasteiger charge is 2.23. The van der Waals surface area contributed by atoms with Gasteiger partial charge in [-0.3, -0.25) is 9.59 Å². The molecule has 0 saturated heterocycles. The zero-order valence-corrected chi connectivity index (χ0v) is 15.2. The number of aliphatic hydroxyl groups excluding tert-OH is 1. The highest BCUT2D eigenvalue weighted by Crippen LogP contribution is 2.17. The van der Waals surface area contributed by atoms with Gasteiger partial charge in [-0.1, -0.05) is 12.1 Å². The number of thioether (sulfide) groups is 1. The van der Waals surface area contributed by atoms with E-state index in [0.717, 1.165) is 5.75 Å². The molecule has 6 nitrogen and oxygen atoms in total. The van der Waals surface area contributed by atoms with E-state index >= 15 is 0 Å². The average molecular weight is 354 g/mol. The van der Waals surface area contributed by atoms with Crippen LogP contribution in [0.3, 0.4) is 0 Å². The number of aliphatic hydroxyl groups is 1. The number of methoxy groups -OCH3 is 1. The first-order chi connectivity index (χ1) is 11.5. The second-order valence-corrected chi connectivity index (χ2v) is 6.42. The van der Waals surface area contributed by atoms with E-state index in [-0.39, 0.29) is 24.5 Å². The molecule has 1 aromatic rings. The summed E-state index contributed by atoms with van der Waals surface area (Å²) in [6.45, 7) is 1.83. The molecule has 0 aliphatic carbocycles. The largest absolute Gasteiger partial charge is 0.496 e. The van der Waals surface area contributed by atoms with E-state index in [9.17, 15) is 9.59 Å². The Morgan fingerprint density at radius 2 is 1.96 bits per heavy atom. The van der Waals surface area contributed by atoms with E-state index in [1.54, 1.807) is 36.0 Å². The SMILES string of the molecule is COc1ccccc1C(=O)N[C@H](CCSC)C(=O)N[C@@H](C)CCO. The van der Waals surface area contributed by atoms with Crippen molar-refractivity contribution in [1.29, 1.82) is 0 Å². The van der Waals surface area contributed by atoms with Gasteiger partial charge in [0.2, 0.25) is 5.91 Å². The predicted octanol–water partition coefficient (Wildman–Crippen LogP) is 1.43. The van der Waals surface area contributed by atoms with Crippen molar-refractivity contribution < 1.29 is 19.4 Å². The van der Waals surface area contributed by atoms with Crippen LogP contribution in [0.5, 0.6) is 5.75 Å². The molecule has 3 N–H and O–H groups in total. The van der Waals surface area contributed by atoms with Crippen molar-refractivity contribution in [3.8, 4) is 5.75 Å². The van der Waals surface area contributed by atoms with Crippen LogP contribution >= 0.6 is 11.8 Å². The first kappa shape index (κ1) is 20.3. The molecule has 0 spiro atoms. The van der Waals surface area contributed by atoms with Crippen molar-refractivity contribution in [3.63, 3.8) is 0 Å². The van der Waals surface area contributed by atoms with Crippen molar-refractivity contribution in [2.45, 2.75) is 31.8 Å². The number of nitrogens with one attached hydrogen (secondary N) is 2. The van der Waals surface area contributed by atoms with Gasteiger partial charge in [-0.05, 0) is 43.9 Å². The third-order valence-corrected chi connectivity index (χ3v) is 4.18. The van der Waals surface area contributed by atoms with Crippen molar-refractivity contribution in [1.82, 2.24) is 10.6 Å². The Balaban J connectivity index is 2.80. The lowest BCUT2D eigenvalue weighted by atomic mass is 10.1. The molecule has 2 amide bonds. The van der Waals surface area contributed by atoms with Gasteiger partial charge in [0.1, 0.15) is 11.8 Å². The molecule has 7 heteroatoms. The lowest BCUT2D eigenvalue weighted by Crippen LogP contribution is -2.49. The molecule has 0 bridgehead atoms. The highest BCUT2D eigenvalue weighted by atomic mass is 32.2. The second kappa shape index (κ2) is 10.9. The summed E-state index contributed by atoms with van der Waals surface area (Å²) in [7, 11) is 1.50. The highest BCUT2D eigenvalue weighted by molar-refractivity contribution is 7.98. The minimum absolute atomic E-state index is 0.00446. The van der Waals surface area contributed by atoms with Crippen molar-refractivity contribution in [3.05, 3.63) is 29.8 Å². The quantitative estimate of drug-likeness (QED) is 0.592. The Morgan fingerprint density at radius 1 is 1.25 bits per heavy atom. The monoisotopic (exact) mass is 354 g/mol. The van der Waals surface area contributed by atoms with Gasteiger partial charge in [-0.2, -0.15) is 11.8 Å². The molecular formula is C17H26N2O4S. The van der Waals surface area contributed by atoms with Crippen LogP contribution in [-0.2, 0) is 4.79 Å². The van der Waals surface area contributed by atoms with Gasteiger partial charge >= 0.3 is 0 Å². The van der Waals surface area contributed by atoms with E-state index in [4.69, 9.17) is 9.84 Å². The molecule has 0 aliphatic rings. The molecule has 24 heavy (non-hydrogen) atoms. The van der Waals surface area contributed by atoms with Gasteiger partial charge in [0.05, 0.1) is 12.7 Å². The van der Waals surface area contributed by atoms with E-state index in [1.807, 2.05) is 13.2 Å². The second-order valence-electron chi connectivity index (χ2n) is 5.43. The fourth-order valence-electron chi connectivity index (χ4n) is 2.18. The van der Waals surface area contributed by atoms with Gasteiger partial charge < -0.3 is 20.5 Å². The number of rotatable bonds is 10. The molecule has 134 valence electrons. The number of benzene rings is 1. The summed E-state index contributed by atoms with van der Waals surface area (Å²) in [5, 5.41) is 14.5. The Labute approximate surface area is 147 Å².